The molecule has 0 rings (SSSR count). The summed E-state index contributed by atoms with van der Waals surface area (Å²) in [6.07, 6.45) is 0. The van der Waals surface area contributed by atoms with Gasteiger partial charge < -0.3 is 5.32 Å². The monoisotopic (exact) mass is 135 g/mol. The average molecular weight is 136 g/mol. The molecule has 0 aliphatic heterocycles. The Hall–Kier alpha value is 0.250. The van der Waals surface area contributed by atoms with Crippen LogP contribution in [0, 0.1) is 0 Å². The molecule has 0 saturated heterocycles. The first-order valence-corrected chi connectivity index (χ1v) is 3.33. The molecule has 2 heteroatoms. The smallest absolute Gasteiger partial charge is 0.0514 e. The lowest BCUT2D eigenvalue weighted by atomic mass is 10.2. The maximum atomic E-state index is 5.85. The van der Waals surface area contributed by atoms with Gasteiger partial charge in [0, 0.05) is 6.54 Å². The Morgan fingerprint density at radius 1 is 1.50 bits per heavy atom. The van der Waals surface area contributed by atoms with Gasteiger partial charge >= 0.3 is 0 Å². The fraction of sp³-hybridized carbons (Fsp3) is 1.00. The highest BCUT2D eigenvalue weighted by atomic mass is 35.5. The molecule has 0 spiro atoms. The van der Waals surface area contributed by atoms with Crippen LogP contribution in [0.2, 0.25) is 0 Å². The van der Waals surface area contributed by atoms with Crippen molar-refractivity contribution in [2.24, 2.45) is 0 Å². The topological polar surface area (TPSA) is 12.0 Å². The van der Waals surface area contributed by atoms with E-state index in [9.17, 15) is 0 Å². The van der Waals surface area contributed by atoms with Gasteiger partial charge in [-0.15, -0.1) is 11.6 Å². The lowest BCUT2D eigenvalue weighted by molar-refractivity contribution is 0.598. The fourth-order valence-corrected chi connectivity index (χ4v) is 0.517. The summed E-state index contributed by atoms with van der Waals surface area (Å²) < 4.78 is 0. The first-order chi connectivity index (χ1) is 3.56. The number of nitrogens with one attached hydrogen (secondary N) is 1. The molecule has 0 radical (unpaired) electrons. The predicted molar refractivity (Wildman–Crippen MR) is 38.5 cm³/mol. The summed E-state index contributed by atoms with van der Waals surface area (Å²) in [6.45, 7) is 7.94. The van der Waals surface area contributed by atoms with Gasteiger partial charge in [0.1, 0.15) is 0 Å². The van der Waals surface area contributed by atoms with Gasteiger partial charge in [-0.3, -0.25) is 0 Å². The molecule has 0 aromatic rings. The largest absolute Gasteiger partial charge is 0.315 e. The Kier molecular flexibility index (Phi) is 3.41. The van der Waals surface area contributed by atoms with Crippen LogP contribution in [0.5, 0.6) is 0 Å². The Morgan fingerprint density at radius 2 is 2.00 bits per heavy atom. The molecule has 0 aromatic carbocycles. The fourth-order valence-electron chi connectivity index (χ4n) is 0.422. The number of halogens is 1. The van der Waals surface area contributed by atoms with Gasteiger partial charge in [0.05, 0.1) is 4.87 Å². The van der Waals surface area contributed by atoms with Crippen molar-refractivity contribution in [3.63, 3.8) is 0 Å². The van der Waals surface area contributed by atoms with E-state index in [1.807, 2.05) is 13.8 Å². The Bertz CT molecular complexity index is 56.0. The van der Waals surface area contributed by atoms with Crippen LogP contribution in [0.25, 0.3) is 0 Å². The van der Waals surface area contributed by atoms with Crippen LogP contribution in [0.4, 0.5) is 0 Å². The zero-order chi connectivity index (χ0) is 6.62. The molecular formula is C6H14ClN. The van der Waals surface area contributed by atoms with Crippen molar-refractivity contribution in [3.05, 3.63) is 0 Å². The van der Waals surface area contributed by atoms with Gasteiger partial charge in [-0.2, -0.15) is 0 Å². The third-order valence-electron chi connectivity index (χ3n) is 0.795. The van der Waals surface area contributed by atoms with E-state index in [0.29, 0.717) is 0 Å². The molecular weight excluding hydrogens is 122 g/mol. The number of alkyl halides is 1. The number of hydrogen-bond donors (Lipinski definition) is 1. The summed E-state index contributed by atoms with van der Waals surface area (Å²) >= 11 is 5.85. The lowest BCUT2D eigenvalue weighted by Gasteiger charge is -2.14. The van der Waals surface area contributed by atoms with E-state index >= 15 is 0 Å². The first kappa shape index (κ1) is 8.25. The van der Waals surface area contributed by atoms with Crippen LogP contribution in [0.3, 0.4) is 0 Å². The van der Waals surface area contributed by atoms with E-state index in [2.05, 4.69) is 12.2 Å². The molecule has 0 bridgehead atoms. The molecule has 0 atom stereocenters. The SMILES string of the molecule is CCNCC(C)(C)Cl. The predicted octanol–water partition coefficient (Wildman–Crippen LogP) is 1.61. The molecule has 1 N–H and O–H groups in total. The molecule has 0 aliphatic rings. The van der Waals surface area contributed by atoms with Crippen molar-refractivity contribution in [2.45, 2.75) is 25.6 Å². The van der Waals surface area contributed by atoms with Crippen molar-refractivity contribution in [3.8, 4) is 0 Å². The minimum Gasteiger partial charge on any atom is -0.315 e. The van der Waals surface area contributed by atoms with Gasteiger partial charge in [0.2, 0.25) is 0 Å². The molecule has 50 valence electrons. The van der Waals surface area contributed by atoms with Gasteiger partial charge in [-0.25, -0.2) is 0 Å². The van der Waals surface area contributed by atoms with E-state index in [0.717, 1.165) is 13.1 Å². The summed E-state index contributed by atoms with van der Waals surface area (Å²) in [5.41, 5.74) is 0. The first-order valence-electron chi connectivity index (χ1n) is 2.96. The third kappa shape index (κ3) is 6.25. The van der Waals surface area contributed by atoms with E-state index < -0.39 is 0 Å². The normalized spacial score (nSPS) is 12.0. The highest BCUT2D eigenvalue weighted by Gasteiger charge is 2.10. The van der Waals surface area contributed by atoms with Crippen molar-refractivity contribution < 1.29 is 0 Å². The van der Waals surface area contributed by atoms with Crippen LogP contribution in [0.1, 0.15) is 20.8 Å². The van der Waals surface area contributed by atoms with Gasteiger partial charge in [0.15, 0.2) is 0 Å². The van der Waals surface area contributed by atoms with Crippen LogP contribution >= 0.6 is 11.6 Å². The summed E-state index contributed by atoms with van der Waals surface area (Å²) in [7, 11) is 0. The van der Waals surface area contributed by atoms with Crippen LogP contribution < -0.4 is 5.32 Å². The minimum atomic E-state index is -0.0873. The van der Waals surface area contributed by atoms with E-state index in [4.69, 9.17) is 11.6 Å². The van der Waals surface area contributed by atoms with Gasteiger partial charge in [0.25, 0.3) is 0 Å². The minimum absolute atomic E-state index is 0.0873. The van der Waals surface area contributed by atoms with Gasteiger partial charge in [-0.1, -0.05) is 6.92 Å². The Balaban J connectivity index is 3.11. The van der Waals surface area contributed by atoms with Crippen molar-refractivity contribution >= 4 is 11.6 Å². The molecule has 0 heterocycles. The summed E-state index contributed by atoms with van der Waals surface area (Å²) in [5.74, 6) is 0. The zero-order valence-electron chi connectivity index (χ0n) is 5.79. The molecule has 8 heavy (non-hydrogen) atoms. The Morgan fingerprint density at radius 3 is 2.12 bits per heavy atom. The van der Waals surface area contributed by atoms with Gasteiger partial charge in [-0.05, 0) is 20.4 Å². The molecule has 0 saturated carbocycles. The lowest BCUT2D eigenvalue weighted by Crippen LogP contribution is -2.29. The quantitative estimate of drug-likeness (QED) is 0.580. The second kappa shape index (κ2) is 3.31. The Labute approximate surface area is 56.4 Å². The van der Waals surface area contributed by atoms with Crippen molar-refractivity contribution in [1.29, 1.82) is 0 Å². The van der Waals surface area contributed by atoms with Crippen molar-refractivity contribution in [1.82, 2.24) is 5.32 Å². The average Bonchev–Trinajstić information content (AvgIpc) is 1.59. The zero-order valence-corrected chi connectivity index (χ0v) is 6.55. The van der Waals surface area contributed by atoms with E-state index in [-0.39, 0.29) is 4.87 Å². The molecule has 0 fully saturated rings. The molecule has 1 nitrogen and oxygen atoms in total. The molecule has 0 aromatic heterocycles. The molecule has 0 amide bonds. The number of rotatable bonds is 3. The summed E-state index contributed by atoms with van der Waals surface area (Å²) in [5, 5.41) is 3.16. The summed E-state index contributed by atoms with van der Waals surface area (Å²) in [6, 6.07) is 0. The molecule has 0 unspecified atom stereocenters. The van der Waals surface area contributed by atoms with Crippen LogP contribution in [0.15, 0.2) is 0 Å². The third-order valence-corrected chi connectivity index (χ3v) is 0.929. The molecule has 0 aliphatic carbocycles. The van der Waals surface area contributed by atoms with Crippen LogP contribution in [-0.4, -0.2) is 18.0 Å². The van der Waals surface area contributed by atoms with Crippen molar-refractivity contribution in [2.75, 3.05) is 13.1 Å². The second-order valence-electron chi connectivity index (χ2n) is 2.50. The maximum absolute atomic E-state index is 5.85. The second-order valence-corrected chi connectivity index (χ2v) is 3.52. The van der Waals surface area contributed by atoms with E-state index in [1.54, 1.807) is 0 Å². The highest BCUT2D eigenvalue weighted by molar-refractivity contribution is 6.23. The van der Waals surface area contributed by atoms with Crippen LogP contribution in [-0.2, 0) is 0 Å². The van der Waals surface area contributed by atoms with E-state index in [1.165, 1.54) is 0 Å². The maximum Gasteiger partial charge on any atom is 0.0514 e. The number of hydrogen-bond acceptors (Lipinski definition) is 1. The standard InChI is InChI=1S/C6H14ClN/c1-4-8-5-6(2,3)7/h8H,4-5H2,1-3H3. The summed E-state index contributed by atoms with van der Waals surface area (Å²) in [4.78, 5) is -0.0873. The highest BCUT2D eigenvalue weighted by Crippen LogP contribution is 2.09.